The van der Waals surface area contributed by atoms with Gasteiger partial charge in [0.1, 0.15) is 16.9 Å². The van der Waals surface area contributed by atoms with Crippen LogP contribution in [0.4, 0.5) is 0 Å². The Kier molecular flexibility index (Phi) is 30.5. The zero-order valence-corrected chi connectivity index (χ0v) is 74.2. The third-order valence-corrected chi connectivity index (χ3v) is 20.1. The molecule has 0 bridgehead atoms. The molecule has 0 N–H and O–H groups in total. The summed E-state index contributed by atoms with van der Waals surface area (Å²) in [6.45, 7) is 15.8. The first kappa shape index (κ1) is 89.3. The smallest absolute Gasteiger partial charge is 0.181 e. The Bertz CT molecular complexity index is 6900. The second-order valence-corrected chi connectivity index (χ2v) is 30.5. The van der Waals surface area contributed by atoms with E-state index in [1.165, 1.54) is 27.6 Å². The number of fused-ring (bicyclic) bond motifs is 4. The van der Waals surface area contributed by atoms with Gasteiger partial charge in [-0.15, -0.1) is 5.10 Å². The van der Waals surface area contributed by atoms with Gasteiger partial charge in [-0.3, -0.25) is 34.9 Å². The van der Waals surface area contributed by atoms with Crippen LogP contribution in [0.15, 0.2) is 414 Å². The molecule has 22 rings (SSSR count). The van der Waals surface area contributed by atoms with Crippen LogP contribution in [0.1, 0.15) is 45.3 Å². The molecule has 20 heteroatoms. The first-order valence-corrected chi connectivity index (χ1v) is 42.9. The maximum Gasteiger partial charge on any atom is 0.181 e. The first-order valence-electron chi connectivity index (χ1n) is 42.9. The second kappa shape index (κ2) is 45.1. The van der Waals surface area contributed by atoms with Crippen molar-refractivity contribution in [1.29, 1.82) is 0 Å². The fourth-order valence-electron chi connectivity index (χ4n) is 13.8. The molecule has 0 aliphatic rings. The quantitative estimate of drug-likeness (QED) is 0.123. The molecule has 0 saturated heterocycles. The number of aromatic nitrogens is 20. The summed E-state index contributed by atoms with van der Waals surface area (Å²) in [5.74, 6) is 2.83. The highest BCUT2D eigenvalue weighted by atomic mass is 15.1. The van der Waals surface area contributed by atoms with Gasteiger partial charge in [0.05, 0.1) is 103 Å². The van der Waals surface area contributed by atoms with E-state index >= 15 is 0 Å². The van der Waals surface area contributed by atoms with Crippen LogP contribution in [0.5, 0.6) is 0 Å². The monoisotopic (exact) mass is 1720 g/mol. The van der Waals surface area contributed by atoms with E-state index in [1.807, 2.05) is 283 Å². The zero-order chi connectivity index (χ0) is 91.0. The van der Waals surface area contributed by atoms with Gasteiger partial charge < -0.3 is 0 Å². The van der Waals surface area contributed by atoms with Gasteiger partial charge in [0.25, 0.3) is 0 Å². The van der Waals surface area contributed by atoms with Gasteiger partial charge in [-0.2, -0.15) is 5.10 Å². The van der Waals surface area contributed by atoms with Gasteiger partial charge >= 0.3 is 0 Å². The van der Waals surface area contributed by atoms with E-state index in [2.05, 4.69) is 215 Å². The Labute approximate surface area is 766 Å². The van der Waals surface area contributed by atoms with Gasteiger partial charge in [-0.25, -0.2) is 54.8 Å². The predicted octanol–water partition coefficient (Wildman–Crippen LogP) is 25.1. The maximum absolute atomic E-state index is 4.92. The molecule has 0 spiro atoms. The summed E-state index contributed by atoms with van der Waals surface area (Å²) in [6, 6.07) is 119. The van der Waals surface area contributed by atoms with Crippen LogP contribution in [-0.4, -0.2) is 99.9 Å². The molecule has 9 aromatic carbocycles. The van der Waals surface area contributed by atoms with Crippen molar-refractivity contribution in [2.75, 3.05) is 0 Å². The molecule has 0 amide bonds. The molecule has 0 aliphatic carbocycles. The topological polar surface area (TPSA) is 258 Å². The van der Waals surface area contributed by atoms with Crippen LogP contribution in [-0.2, 0) is 0 Å². The van der Waals surface area contributed by atoms with Crippen molar-refractivity contribution in [2.45, 2.75) is 55.4 Å². The molecule has 640 valence electrons. The molecule has 0 unspecified atom stereocenters. The van der Waals surface area contributed by atoms with Crippen LogP contribution < -0.4 is 0 Å². The summed E-state index contributed by atoms with van der Waals surface area (Å²) in [6.07, 6.45) is 15.7. The van der Waals surface area contributed by atoms with Crippen molar-refractivity contribution in [1.82, 2.24) is 99.9 Å². The molecule has 22 aromatic rings. The van der Waals surface area contributed by atoms with Gasteiger partial charge in [0.2, 0.25) is 0 Å². The van der Waals surface area contributed by atoms with E-state index in [4.69, 9.17) is 15.0 Å². The Morgan fingerprint density at radius 2 is 0.614 bits per heavy atom. The number of hydrogen-bond acceptors (Lipinski definition) is 20. The van der Waals surface area contributed by atoms with Crippen LogP contribution >= 0.6 is 0 Å². The van der Waals surface area contributed by atoms with Crippen molar-refractivity contribution in [3.05, 3.63) is 459 Å². The number of aryl methyl sites for hydroxylation is 8. The standard InChI is InChI=1S/C21H16N2.C17H14N2.2C16H13N3.C16H13N.C10H9N3.2C8H7N3/c1-15-12-13-18-19(14-15)23-21(17-10-6-3-7-11-17)20(22-18)16-8-4-2-5-9-16;1-13-11-16(14-7-3-2-4-8-14)19-17(12-13)15-9-5-6-10-18-15;1-12-10-15(13-6-2-4-8-17-13)19-16(11-12)14-7-3-5-9-18-14;1-12-17-15(13-8-4-2-5-9-13)19-16(18-12)14-10-6-3-7-11-14;1-12-11-15(13-7-3-2-4-8-13)14-9-5-6-10-16(14)17-12;1-8-7-11-10(13-12-8)9-5-3-2-4-6-9;1-6-4-10-7-2-3-9-5-8(7)11-6;1-6-5-10-7-3-2-4-9-8(7)11-6/h2-14H,1H3;2-12H,1H3;2*2-11H,1H3;2-11H,1H3;2-7H,1H3;2*2-5H,1H3. The normalized spacial score (nSPS) is 10.4. The maximum atomic E-state index is 4.92. The third kappa shape index (κ3) is 25.0. The number of hydrogen-bond donors (Lipinski definition) is 0. The Hall–Kier alpha value is -17.5. The van der Waals surface area contributed by atoms with E-state index in [0.717, 1.165) is 152 Å². The largest absolute Gasteiger partial charge is 0.262 e. The van der Waals surface area contributed by atoms with Crippen molar-refractivity contribution in [3.8, 4) is 113 Å². The van der Waals surface area contributed by atoms with E-state index in [9.17, 15) is 0 Å². The van der Waals surface area contributed by atoms with E-state index < -0.39 is 0 Å². The lowest BCUT2D eigenvalue weighted by molar-refractivity contribution is 0.935. The highest BCUT2D eigenvalue weighted by molar-refractivity contribution is 5.95. The average Bonchev–Trinajstić information content (AvgIpc) is 0.815. The predicted molar refractivity (Wildman–Crippen MR) is 530 cm³/mol. The summed E-state index contributed by atoms with van der Waals surface area (Å²) in [5, 5.41) is 9.14. The highest BCUT2D eigenvalue weighted by Gasteiger charge is 2.16. The Balaban J connectivity index is 0.000000117. The lowest BCUT2D eigenvalue weighted by atomic mass is 10.0. The number of para-hydroxylation sites is 1. The fourth-order valence-corrected chi connectivity index (χ4v) is 13.8. The Morgan fingerprint density at radius 3 is 1.13 bits per heavy atom. The van der Waals surface area contributed by atoms with Crippen molar-refractivity contribution < 1.29 is 0 Å². The first-order chi connectivity index (χ1) is 64.7. The zero-order valence-electron chi connectivity index (χ0n) is 74.2. The molecule has 0 aliphatic heterocycles. The van der Waals surface area contributed by atoms with E-state index in [1.54, 1.807) is 55.8 Å². The number of nitrogens with zero attached hydrogens (tertiary/aromatic N) is 20. The fraction of sp³-hybridized carbons (Fsp3) is 0.0714. The molecule has 0 atom stereocenters. The molecule has 0 saturated carbocycles. The van der Waals surface area contributed by atoms with Crippen molar-refractivity contribution in [2.24, 2.45) is 0 Å². The van der Waals surface area contributed by atoms with Gasteiger partial charge in [-0.05, 0) is 186 Å². The van der Waals surface area contributed by atoms with Gasteiger partial charge in [-0.1, -0.05) is 255 Å². The number of benzene rings is 9. The number of pyridine rings is 8. The summed E-state index contributed by atoms with van der Waals surface area (Å²) in [5.41, 5.74) is 30.4. The second-order valence-electron chi connectivity index (χ2n) is 30.5. The van der Waals surface area contributed by atoms with Crippen molar-refractivity contribution >= 4 is 44.1 Å². The number of rotatable bonds is 10. The molecule has 13 aromatic heterocycles. The summed E-state index contributed by atoms with van der Waals surface area (Å²) in [7, 11) is 0. The average molecular weight is 1720 g/mol. The van der Waals surface area contributed by atoms with Crippen LogP contribution in [0, 0.1) is 55.4 Å². The third-order valence-electron chi connectivity index (χ3n) is 20.1. The van der Waals surface area contributed by atoms with E-state index in [0.29, 0.717) is 23.1 Å². The Morgan fingerprint density at radius 1 is 0.189 bits per heavy atom. The molecule has 0 fully saturated rings. The summed E-state index contributed by atoms with van der Waals surface area (Å²) < 4.78 is 0. The molecule has 132 heavy (non-hydrogen) atoms. The van der Waals surface area contributed by atoms with E-state index in [-0.39, 0.29) is 0 Å². The molecule has 13 heterocycles. The molecular formula is C112H92N20. The summed E-state index contributed by atoms with van der Waals surface area (Å²) >= 11 is 0. The van der Waals surface area contributed by atoms with Crippen LogP contribution in [0.3, 0.4) is 0 Å². The minimum atomic E-state index is 0.672. The SMILES string of the molecule is Cc1cc(-c2ccccc2)c2ccccc2n1.Cc1cc(-c2ccccc2)nc(-c2ccccn2)c1.Cc1cc(-c2ccccn2)nc(-c2ccccn2)c1.Cc1ccc2nc(-c3ccccc3)c(-c3ccccc3)nc2c1.Cc1cnc(-c2ccccc2)nn1.Cc1cnc2cccnc2n1.Cc1cnc2ccncc2n1.Cc1nc(-c2ccccc2)nc(-c2ccccc2)n1. The van der Waals surface area contributed by atoms with Gasteiger partial charge in [0, 0.05) is 87.8 Å². The van der Waals surface area contributed by atoms with Crippen molar-refractivity contribution in [3.63, 3.8) is 0 Å². The highest BCUT2D eigenvalue weighted by Crippen LogP contribution is 2.33. The minimum Gasteiger partial charge on any atom is -0.262 e. The minimum absolute atomic E-state index is 0.672. The molecule has 20 nitrogen and oxygen atoms in total. The lowest BCUT2D eigenvalue weighted by Crippen LogP contribution is -1.99. The molecule has 0 radical (unpaired) electrons. The van der Waals surface area contributed by atoms with Crippen LogP contribution in [0.25, 0.3) is 157 Å². The van der Waals surface area contributed by atoms with Gasteiger partial charge in [0.15, 0.2) is 23.1 Å². The summed E-state index contributed by atoms with van der Waals surface area (Å²) in [4.78, 5) is 79.1. The lowest BCUT2D eigenvalue weighted by Gasteiger charge is -2.10. The molecular weight excluding hydrogens is 1630 g/mol. The van der Waals surface area contributed by atoms with Crippen LogP contribution in [0.2, 0.25) is 0 Å².